The summed E-state index contributed by atoms with van der Waals surface area (Å²) in [5.41, 5.74) is 21.8. The van der Waals surface area contributed by atoms with Crippen molar-refractivity contribution in [3.63, 3.8) is 0 Å². The van der Waals surface area contributed by atoms with E-state index in [1.807, 2.05) is 0 Å². The number of para-hydroxylation sites is 4. The molecule has 0 bridgehead atoms. The minimum Gasteiger partial charge on any atom is -0.307 e. The SMILES string of the molecule is c1ccc(C2=C3C(=C(c4ccccc4)c4cc(-c5ccccc5)c(-c5ccccc5)cc43)C(n3c4ccccc4c4ccccc43)=C2n2c3ccccc3c3ccccc32)cc1. The van der Waals surface area contributed by atoms with Gasteiger partial charge in [0.25, 0.3) is 0 Å². The average molecular weight is 787 g/mol. The van der Waals surface area contributed by atoms with Crippen molar-refractivity contribution in [2.75, 3.05) is 0 Å². The first-order chi connectivity index (χ1) is 30.8. The first-order valence-electron chi connectivity index (χ1n) is 21.4. The van der Waals surface area contributed by atoms with Crippen LogP contribution in [-0.4, -0.2) is 9.13 Å². The highest BCUT2D eigenvalue weighted by atomic mass is 15.1. The minimum atomic E-state index is 1.18. The summed E-state index contributed by atoms with van der Waals surface area (Å²) >= 11 is 0. The van der Waals surface area contributed by atoms with Crippen molar-refractivity contribution >= 4 is 71.7 Å². The molecule has 2 heteroatoms. The second-order valence-electron chi connectivity index (χ2n) is 16.3. The lowest BCUT2D eigenvalue weighted by molar-refractivity contribution is 1.18. The Balaban J connectivity index is 1.29. The van der Waals surface area contributed by atoms with Crippen LogP contribution in [0.4, 0.5) is 0 Å². The van der Waals surface area contributed by atoms with Crippen LogP contribution in [0, 0.1) is 0 Å². The average Bonchev–Trinajstić information content (AvgIpc) is 4.06. The lowest BCUT2D eigenvalue weighted by Gasteiger charge is -2.21. The zero-order chi connectivity index (χ0) is 40.7. The van der Waals surface area contributed by atoms with Crippen molar-refractivity contribution in [1.29, 1.82) is 0 Å². The van der Waals surface area contributed by atoms with Crippen LogP contribution in [0.15, 0.2) is 236 Å². The molecule has 13 rings (SSSR count). The highest BCUT2D eigenvalue weighted by Crippen LogP contribution is 2.62. The first-order valence-corrected chi connectivity index (χ1v) is 21.4. The molecule has 2 aliphatic rings. The number of hydrogen-bond donors (Lipinski definition) is 0. The molecule has 0 fully saturated rings. The molecule has 11 aromatic rings. The number of rotatable bonds is 6. The summed E-state index contributed by atoms with van der Waals surface area (Å²) in [7, 11) is 0. The summed E-state index contributed by atoms with van der Waals surface area (Å²) in [6.07, 6.45) is 0. The molecule has 2 aliphatic carbocycles. The van der Waals surface area contributed by atoms with Gasteiger partial charge in [0.15, 0.2) is 0 Å². The molecule has 9 aromatic carbocycles. The van der Waals surface area contributed by atoms with Gasteiger partial charge in [0.2, 0.25) is 0 Å². The second-order valence-corrected chi connectivity index (χ2v) is 16.3. The van der Waals surface area contributed by atoms with E-state index in [0.717, 1.165) is 0 Å². The number of hydrogen-bond acceptors (Lipinski definition) is 0. The Morgan fingerprint density at radius 3 is 0.887 bits per heavy atom. The van der Waals surface area contributed by atoms with Crippen molar-refractivity contribution < 1.29 is 0 Å². The maximum absolute atomic E-state index is 2.58. The van der Waals surface area contributed by atoms with E-state index in [4.69, 9.17) is 0 Å². The summed E-state index contributed by atoms with van der Waals surface area (Å²) in [5.74, 6) is 0. The zero-order valence-electron chi connectivity index (χ0n) is 33.8. The van der Waals surface area contributed by atoms with E-state index in [-0.39, 0.29) is 0 Å². The molecule has 0 amide bonds. The molecule has 0 N–H and O–H groups in total. The van der Waals surface area contributed by atoms with Crippen LogP contribution in [-0.2, 0) is 0 Å². The maximum atomic E-state index is 2.58. The van der Waals surface area contributed by atoms with Crippen LogP contribution in [0.5, 0.6) is 0 Å². The van der Waals surface area contributed by atoms with Crippen LogP contribution in [0.1, 0.15) is 22.3 Å². The molecule has 0 unspecified atom stereocenters. The Labute approximate surface area is 359 Å². The molecular formula is C60H38N2. The Bertz CT molecular complexity index is 3590. The zero-order valence-corrected chi connectivity index (χ0v) is 33.8. The molecule has 2 aromatic heterocycles. The molecule has 0 radical (unpaired) electrons. The van der Waals surface area contributed by atoms with Gasteiger partial charge in [0.05, 0.1) is 33.5 Å². The number of fused-ring (bicyclic) bond motifs is 9. The van der Waals surface area contributed by atoms with Gasteiger partial charge in [-0.3, -0.25) is 0 Å². The lowest BCUT2D eigenvalue weighted by Crippen LogP contribution is -2.06. The van der Waals surface area contributed by atoms with E-state index in [1.165, 1.54) is 122 Å². The van der Waals surface area contributed by atoms with Crippen LogP contribution >= 0.6 is 0 Å². The van der Waals surface area contributed by atoms with Crippen LogP contribution < -0.4 is 0 Å². The maximum Gasteiger partial charge on any atom is 0.0795 e. The van der Waals surface area contributed by atoms with Gasteiger partial charge in [0.1, 0.15) is 0 Å². The Kier molecular flexibility index (Phi) is 7.64. The fourth-order valence-electron chi connectivity index (χ4n) is 10.5. The van der Waals surface area contributed by atoms with Crippen molar-refractivity contribution in [2.45, 2.75) is 0 Å². The Hall–Kier alpha value is -8.20. The molecule has 2 nitrogen and oxygen atoms in total. The van der Waals surface area contributed by atoms with Gasteiger partial charge in [-0.05, 0) is 86.5 Å². The Morgan fingerprint density at radius 1 is 0.210 bits per heavy atom. The summed E-state index contributed by atoms with van der Waals surface area (Å²) in [4.78, 5) is 0. The highest BCUT2D eigenvalue weighted by Gasteiger charge is 2.43. The van der Waals surface area contributed by atoms with Crippen molar-refractivity contribution in [2.24, 2.45) is 0 Å². The van der Waals surface area contributed by atoms with Gasteiger partial charge in [-0.1, -0.05) is 194 Å². The monoisotopic (exact) mass is 786 g/mol. The van der Waals surface area contributed by atoms with Gasteiger partial charge >= 0.3 is 0 Å². The molecular weight excluding hydrogens is 749 g/mol. The molecule has 62 heavy (non-hydrogen) atoms. The van der Waals surface area contributed by atoms with Gasteiger partial charge < -0.3 is 9.13 Å². The molecule has 0 spiro atoms. The van der Waals surface area contributed by atoms with E-state index >= 15 is 0 Å². The number of allylic oxidation sites excluding steroid dienone is 5. The van der Waals surface area contributed by atoms with E-state index in [9.17, 15) is 0 Å². The summed E-state index contributed by atoms with van der Waals surface area (Å²) in [5, 5.41) is 4.95. The predicted molar refractivity (Wildman–Crippen MR) is 261 cm³/mol. The van der Waals surface area contributed by atoms with Crippen molar-refractivity contribution in [1.82, 2.24) is 9.13 Å². The normalized spacial score (nSPS) is 13.6. The fraction of sp³-hybridized carbons (Fsp3) is 0. The molecule has 2 heterocycles. The minimum absolute atomic E-state index is 1.18. The quantitative estimate of drug-likeness (QED) is 0.159. The Morgan fingerprint density at radius 2 is 0.500 bits per heavy atom. The third kappa shape index (κ3) is 4.98. The van der Waals surface area contributed by atoms with Crippen molar-refractivity contribution in [3.05, 3.63) is 258 Å². The van der Waals surface area contributed by atoms with E-state index in [2.05, 4.69) is 240 Å². The van der Waals surface area contributed by atoms with Gasteiger partial charge in [-0.25, -0.2) is 0 Å². The van der Waals surface area contributed by atoms with Crippen molar-refractivity contribution in [3.8, 4) is 22.3 Å². The van der Waals surface area contributed by atoms with Crippen LogP contribution in [0.3, 0.4) is 0 Å². The molecule has 288 valence electrons. The fourth-order valence-corrected chi connectivity index (χ4v) is 10.5. The predicted octanol–water partition coefficient (Wildman–Crippen LogP) is 15.5. The number of nitrogens with zero attached hydrogens (tertiary/aromatic N) is 2. The molecule has 0 saturated heterocycles. The molecule has 0 saturated carbocycles. The summed E-state index contributed by atoms with van der Waals surface area (Å²) in [6.45, 7) is 0. The van der Waals surface area contributed by atoms with E-state index in [0.29, 0.717) is 0 Å². The smallest absolute Gasteiger partial charge is 0.0795 e. The topological polar surface area (TPSA) is 9.86 Å². The first kappa shape index (κ1) is 34.6. The van der Waals surface area contributed by atoms with E-state index < -0.39 is 0 Å². The van der Waals surface area contributed by atoms with Crippen LogP contribution in [0.25, 0.3) is 94.0 Å². The van der Waals surface area contributed by atoms with Crippen LogP contribution in [0.2, 0.25) is 0 Å². The summed E-state index contributed by atoms with van der Waals surface area (Å²) < 4.78 is 5.16. The van der Waals surface area contributed by atoms with Gasteiger partial charge in [0, 0.05) is 38.3 Å². The van der Waals surface area contributed by atoms with Gasteiger partial charge in [-0.15, -0.1) is 0 Å². The third-order valence-electron chi connectivity index (χ3n) is 13.0. The molecule has 0 aliphatic heterocycles. The standard InChI is InChI=1S/C60H38N2/c1-5-21-39(22-6-1)47-37-49-50(38-48(47)40-23-7-2-8-24-40)57-56(42-27-11-4-12-28-42)59(61-51-33-17-13-29-43(51)44-30-14-18-34-52(44)61)60(58(57)55(49)41-25-9-3-10-26-41)62-53-35-19-15-31-45(53)46-32-16-20-36-54(46)62/h1-38H. The summed E-state index contributed by atoms with van der Waals surface area (Å²) in [6, 6.07) is 84.8. The largest absolute Gasteiger partial charge is 0.307 e. The molecule has 0 atom stereocenters. The lowest BCUT2D eigenvalue weighted by atomic mass is 9.87. The van der Waals surface area contributed by atoms with E-state index in [1.54, 1.807) is 0 Å². The number of benzene rings is 9. The highest BCUT2D eigenvalue weighted by molar-refractivity contribution is 6.37. The van der Waals surface area contributed by atoms with Gasteiger partial charge in [-0.2, -0.15) is 0 Å². The second kappa shape index (κ2) is 13.7. The number of aromatic nitrogens is 2. The third-order valence-corrected chi connectivity index (χ3v) is 13.0.